The molecule has 1 aliphatic carbocycles. The Balaban J connectivity index is 1.20. The van der Waals surface area contributed by atoms with E-state index in [1.807, 2.05) is 78.9 Å². The SMILES string of the molecule is N#Cc1ccccc1-c1ccc(-c2nc(-c3ccccc3)nc(-c3cccc4c3Sc3ccccc3C43c4ccccc4-c4ccccc43)n2)cc1. The van der Waals surface area contributed by atoms with Gasteiger partial charge in [-0.25, -0.2) is 15.0 Å². The molecule has 0 unspecified atom stereocenters. The van der Waals surface area contributed by atoms with Crippen molar-refractivity contribution >= 4 is 11.8 Å². The van der Waals surface area contributed by atoms with E-state index in [0.717, 1.165) is 32.7 Å². The van der Waals surface area contributed by atoms with Gasteiger partial charge >= 0.3 is 0 Å². The van der Waals surface area contributed by atoms with E-state index < -0.39 is 5.41 Å². The minimum atomic E-state index is -0.492. The topological polar surface area (TPSA) is 62.5 Å². The Kier molecular flexibility index (Phi) is 6.99. The summed E-state index contributed by atoms with van der Waals surface area (Å²) < 4.78 is 0. The molecule has 0 saturated heterocycles. The van der Waals surface area contributed by atoms with Crippen LogP contribution in [0.1, 0.15) is 27.8 Å². The first kappa shape index (κ1) is 30.2. The van der Waals surface area contributed by atoms with Crippen molar-refractivity contribution in [2.75, 3.05) is 0 Å². The number of hydrogen-bond donors (Lipinski definition) is 0. The van der Waals surface area contributed by atoms with Gasteiger partial charge in [0.2, 0.25) is 0 Å². The van der Waals surface area contributed by atoms with Crippen molar-refractivity contribution in [3.63, 3.8) is 0 Å². The van der Waals surface area contributed by atoms with Crippen LogP contribution in [0.2, 0.25) is 0 Å². The second-order valence-electron chi connectivity index (χ2n) is 13.0. The van der Waals surface area contributed by atoms with Crippen molar-refractivity contribution in [3.05, 3.63) is 198 Å². The van der Waals surface area contributed by atoms with Gasteiger partial charge < -0.3 is 0 Å². The van der Waals surface area contributed by atoms with Gasteiger partial charge in [0.15, 0.2) is 17.5 Å². The maximum absolute atomic E-state index is 9.71. The predicted molar refractivity (Wildman–Crippen MR) is 208 cm³/mol. The van der Waals surface area contributed by atoms with Gasteiger partial charge in [-0.1, -0.05) is 169 Å². The average molecular weight is 681 g/mol. The lowest BCUT2D eigenvalue weighted by Gasteiger charge is -2.40. The third-order valence-electron chi connectivity index (χ3n) is 10.3. The van der Waals surface area contributed by atoms with E-state index in [1.54, 1.807) is 11.8 Å². The van der Waals surface area contributed by atoms with E-state index in [2.05, 4.69) is 97.1 Å². The average Bonchev–Trinajstić information content (AvgIpc) is 3.51. The fourth-order valence-corrected chi connectivity index (χ4v) is 9.33. The number of rotatable bonds is 4. The van der Waals surface area contributed by atoms with Crippen molar-refractivity contribution in [1.82, 2.24) is 15.0 Å². The molecule has 0 radical (unpaired) electrons. The highest BCUT2D eigenvalue weighted by atomic mass is 32.2. The molecule has 7 aromatic carbocycles. The molecule has 0 bridgehead atoms. The molecule has 8 aromatic rings. The Morgan fingerprint density at radius 2 is 0.904 bits per heavy atom. The lowest BCUT2D eigenvalue weighted by molar-refractivity contribution is 0.722. The number of nitrogens with zero attached hydrogens (tertiary/aromatic N) is 4. The summed E-state index contributed by atoms with van der Waals surface area (Å²) in [4.78, 5) is 17.8. The first-order chi connectivity index (χ1) is 25.7. The zero-order valence-corrected chi connectivity index (χ0v) is 28.7. The molecule has 0 fully saturated rings. The summed E-state index contributed by atoms with van der Waals surface area (Å²) in [7, 11) is 0. The van der Waals surface area contributed by atoms with Crippen molar-refractivity contribution in [3.8, 4) is 62.5 Å². The van der Waals surface area contributed by atoms with Crippen molar-refractivity contribution in [1.29, 1.82) is 5.26 Å². The summed E-state index contributed by atoms with van der Waals surface area (Å²) in [6, 6.07) is 61.4. The van der Waals surface area contributed by atoms with Crippen LogP contribution in [0, 0.1) is 11.3 Å². The number of nitriles is 1. The molecule has 10 rings (SSSR count). The first-order valence-electron chi connectivity index (χ1n) is 17.3. The molecule has 1 aromatic heterocycles. The normalized spacial score (nSPS) is 13.1. The summed E-state index contributed by atoms with van der Waals surface area (Å²) in [6.07, 6.45) is 0. The standard InChI is InChI=1S/C47H28N4S/c48-29-33-15-4-5-16-34(33)30-25-27-32(28-26-30)45-49-44(31-13-2-1-3-14-31)50-46(51-45)37-19-12-23-41-43(37)52-42-24-11-10-22-40(42)47(41)38-20-8-6-17-35(38)36-18-7-9-21-39(36)47/h1-28H. The number of benzene rings is 7. The molecule has 2 heterocycles. The molecule has 52 heavy (non-hydrogen) atoms. The van der Waals surface area contributed by atoms with E-state index in [9.17, 15) is 5.26 Å². The second kappa shape index (κ2) is 12.0. The monoisotopic (exact) mass is 680 g/mol. The van der Waals surface area contributed by atoms with Crippen LogP contribution in [0.4, 0.5) is 0 Å². The molecule has 2 aliphatic rings. The molecule has 4 nitrogen and oxygen atoms in total. The Morgan fingerprint density at radius 1 is 0.404 bits per heavy atom. The van der Waals surface area contributed by atoms with Crippen LogP contribution in [0.5, 0.6) is 0 Å². The van der Waals surface area contributed by atoms with Crippen LogP contribution >= 0.6 is 11.8 Å². The minimum Gasteiger partial charge on any atom is -0.208 e. The number of aromatic nitrogens is 3. The van der Waals surface area contributed by atoms with Gasteiger partial charge in [0.05, 0.1) is 17.0 Å². The van der Waals surface area contributed by atoms with Crippen LogP contribution in [0.3, 0.4) is 0 Å². The molecule has 1 spiro atoms. The molecular weight excluding hydrogens is 653 g/mol. The maximum Gasteiger partial charge on any atom is 0.165 e. The fraction of sp³-hybridized carbons (Fsp3) is 0.0213. The van der Waals surface area contributed by atoms with Gasteiger partial charge in [-0.3, -0.25) is 0 Å². The van der Waals surface area contributed by atoms with Crippen molar-refractivity contribution < 1.29 is 0 Å². The Bertz CT molecular complexity index is 2680. The predicted octanol–water partition coefficient (Wildman–Crippen LogP) is 11.2. The summed E-state index contributed by atoms with van der Waals surface area (Å²) in [5, 5.41) is 9.71. The maximum atomic E-state index is 9.71. The zero-order chi connectivity index (χ0) is 34.6. The first-order valence-corrected chi connectivity index (χ1v) is 18.1. The van der Waals surface area contributed by atoms with Gasteiger partial charge in [-0.15, -0.1) is 0 Å². The van der Waals surface area contributed by atoms with Gasteiger partial charge in [0, 0.05) is 26.5 Å². The van der Waals surface area contributed by atoms with E-state index in [4.69, 9.17) is 15.0 Å². The van der Waals surface area contributed by atoms with Gasteiger partial charge in [0.25, 0.3) is 0 Å². The third-order valence-corrected chi connectivity index (χ3v) is 11.5. The zero-order valence-electron chi connectivity index (χ0n) is 27.9. The fourth-order valence-electron chi connectivity index (χ4n) is 8.03. The molecular formula is C47H28N4S. The van der Waals surface area contributed by atoms with E-state index >= 15 is 0 Å². The molecule has 0 amide bonds. The summed E-state index contributed by atoms with van der Waals surface area (Å²) in [6.45, 7) is 0. The third kappa shape index (κ3) is 4.52. The molecule has 5 heteroatoms. The highest BCUT2D eigenvalue weighted by Gasteiger charge is 2.50. The molecule has 1 aliphatic heterocycles. The lowest BCUT2D eigenvalue weighted by atomic mass is 9.67. The van der Waals surface area contributed by atoms with Crippen LogP contribution in [-0.2, 0) is 5.41 Å². The lowest BCUT2D eigenvalue weighted by Crippen LogP contribution is -2.32. The number of fused-ring (bicyclic) bond motifs is 9. The molecule has 0 saturated carbocycles. The summed E-state index contributed by atoms with van der Waals surface area (Å²) >= 11 is 1.79. The quantitative estimate of drug-likeness (QED) is 0.185. The Hall–Kier alpha value is -6.61. The Morgan fingerprint density at radius 3 is 1.60 bits per heavy atom. The van der Waals surface area contributed by atoms with E-state index in [-0.39, 0.29) is 0 Å². The van der Waals surface area contributed by atoms with Crippen LogP contribution in [0.25, 0.3) is 56.4 Å². The van der Waals surface area contributed by atoms with Crippen LogP contribution in [-0.4, -0.2) is 15.0 Å². The van der Waals surface area contributed by atoms with Crippen molar-refractivity contribution in [2.24, 2.45) is 0 Å². The van der Waals surface area contributed by atoms with Crippen LogP contribution in [0.15, 0.2) is 180 Å². The number of hydrogen-bond acceptors (Lipinski definition) is 5. The summed E-state index contributed by atoms with van der Waals surface area (Å²) in [5.41, 5.74) is 12.4. The highest BCUT2D eigenvalue weighted by Crippen LogP contribution is 2.63. The van der Waals surface area contributed by atoms with E-state index in [1.165, 1.54) is 38.3 Å². The van der Waals surface area contributed by atoms with E-state index in [0.29, 0.717) is 23.0 Å². The van der Waals surface area contributed by atoms with Gasteiger partial charge in [-0.2, -0.15) is 5.26 Å². The van der Waals surface area contributed by atoms with Crippen LogP contribution < -0.4 is 0 Å². The smallest absolute Gasteiger partial charge is 0.165 e. The minimum absolute atomic E-state index is 0.492. The largest absolute Gasteiger partial charge is 0.208 e. The molecule has 242 valence electrons. The Labute approximate surface area is 306 Å². The highest BCUT2D eigenvalue weighted by molar-refractivity contribution is 7.99. The summed E-state index contributed by atoms with van der Waals surface area (Å²) in [5.74, 6) is 1.83. The second-order valence-corrected chi connectivity index (χ2v) is 14.1. The molecule has 0 N–H and O–H groups in total. The van der Waals surface area contributed by atoms with Gasteiger partial charge in [0.1, 0.15) is 0 Å². The van der Waals surface area contributed by atoms with Gasteiger partial charge in [-0.05, 0) is 56.6 Å². The molecule has 0 atom stereocenters. The van der Waals surface area contributed by atoms with Crippen molar-refractivity contribution in [2.45, 2.75) is 15.2 Å².